The van der Waals surface area contributed by atoms with E-state index in [-0.39, 0.29) is 0 Å². The van der Waals surface area contributed by atoms with Crippen LogP contribution in [0.1, 0.15) is 24.5 Å². The quantitative estimate of drug-likeness (QED) is 0.838. The van der Waals surface area contributed by atoms with Crippen LogP contribution in [-0.4, -0.2) is 5.11 Å². The summed E-state index contributed by atoms with van der Waals surface area (Å²) >= 11 is 12.0. The number of aliphatic hydroxyl groups is 1. The van der Waals surface area contributed by atoms with Gasteiger partial charge in [-0.2, -0.15) is 0 Å². The van der Waals surface area contributed by atoms with Gasteiger partial charge in [-0.25, -0.2) is 0 Å². The molecule has 0 saturated carbocycles. The van der Waals surface area contributed by atoms with Gasteiger partial charge in [0.15, 0.2) is 0 Å². The summed E-state index contributed by atoms with van der Waals surface area (Å²) in [7, 11) is 0. The molecule has 0 spiro atoms. The van der Waals surface area contributed by atoms with E-state index in [2.05, 4.69) is 0 Å². The molecule has 0 aromatic heterocycles. The Morgan fingerprint density at radius 2 is 1.94 bits per heavy atom. The zero-order chi connectivity index (χ0) is 11.5. The highest BCUT2D eigenvalue weighted by Gasteiger charge is 2.17. The van der Waals surface area contributed by atoms with E-state index in [4.69, 9.17) is 23.2 Å². The minimum atomic E-state index is -0.656. The smallest absolute Gasteiger partial charge is 0.102 e. The van der Waals surface area contributed by atoms with Crippen LogP contribution in [0.2, 0.25) is 5.02 Å². The summed E-state index contributed by atoms with van der Waals surface area (Å²) in [6.07, 6.45) is 4.80. The van der Waals surface area contributed by atoms with Crippen LogP contribution in [0.3, 0.4) is 0 Å². The van der Waals surface area contributed by atoms with Gasteiger partial charge >= 0.3 is 0 Å². The Hall–Kier alpha value is -0.760. The van der Waals surface area contributed by atoms with E-state index in [1.807, 2.05) is 30.4 Å². The molecule has 3 heteroatoms. The van der Waals surface area contributed by atoms with Crippen molar-refractivity contribution in [2.24, 2.45) is 0 Å². The van der Waals surface area contributed by atoms with Crippen molar-refractivity contribution in [2.75, 3.05) is 0 Å². The molecule has 16 heavy (non-hydrogen) atoms. The summed E-state index contributed by atoms with van der Waals surface area (Å²) in [5, 5.41) is 11.5. The predicted molar refractivity (Wildman–Crippen MR) is 67.7 cm³/mol. The Morgan fingerprint density at radius 1 is 1.19 bits per heavy atom. The second-order valence-corrected chi connectivity index (χ2v) is 4.61. The molecular formula is C13H12Cl2O. The van der Waals surface area contributed by atoms with Gasteiger partial charge in [0.05, 0.1) is 0 Å². The minimum Gasteiger partial charge on any atom is -0.384 e. The third kappa shape index (κ3) is 2.49. The van der Waals surface area contributed by atoms with Gasteiger partial charge in [-0.1, -0.05) is 47.5 Å². The van der Waals surface area contributed by atoms with Crippen LogP contribution in [0, 0.1) is 0 Å². The summed E-state index contributed by atoms with van der Waals surface area (Å²) in [5.74, 6) is 0. The monoisotopic (exact) mass is 254 g/mol. The van der Waals surface area contributed by atoms with Crippen LogP contribution >= 0.6 is 23.2 Å². The number of aliphatic hydroxyl groups excluding tert-OH is 1. The first-order valence-electron chi connectivity index (χ1n) is 5.17. The number of allylic oxidation sites excluding steroid dienone is 3. The average Bonchev–Trinajstić information content (AvgIpc) is 2.29. The van der Waals surface area contributed by atoms with Gasteiger partial charge in [0, 0.05) is 15.6 Å². The van der Waals surface area contributed by atoms with Crippen molar-refractivity contribution in [1.82, 2.24) is 0 Å². The van der Waals surface area contributed by atoms with Crippen LogP contribution < -0.4 is 0 Å². The fourth-order valence-corrected chi connectivity index (χ4v) is 2.29. The summed E-state index contributed by atoms with van der Waals surface area (Å²) in [6, 6.07) is 7.33. The maximum absolute atomic E-state index is 10.2. The molecule has 1 aromatic carbocycles. The summed E-state index contributed by atoms with van der Waals surface area (Å²) in [4.78, 5) is 0. The lowest BCUT2D eigenvalue weighted by molar-refractivity contribution is 0.211. The molecule has 0 amide bonds. The molecule has 1 atom stereocenters. The summed E-state index contributed by atoms with van der Waals surface area (Å²) in [6.45, 7) is 0. The molecule has 84 valence electrons. The Kier molecular flexibility index (Phi) is 3.70. The van der Waals surface area contributed by atoms with E-state index < -0.39 is 6.10 Å². The number of hydrogen-bond donors (Lipinski definition) is 1. The molecule has 0 heterocycles. The minimum absolute atomic E-state index is 0.585. The lowest BCUT2D eigenvalue weighted by Gasteiger charge is -2.18. The molecule has 1 unspecified atom stereocenters. The average molecular weight is 255 g/mol. The predicted octanol–water partition coefficient (Wildman–Crippen LogP) is 4.22. The standard InChI is InChI=1S/C13H12Cl2O/c14-10-5-3-4-9(8-10)13(16)11-6-1-2-7-12(11)15/h1-2,5-8,13,16H,3-4H2. The van der Waals surface area contributed by atoms with Gasteiger partial charge in [0.2, 0.25) is 0 Å². The van der Waals surface area contributed by atoms with E-state index >= 15 is 0 Å². The molecule has 0 fully saturated rings. The molecular weight excluding hydrogens is 243 g/mol. The Balaban J connectivity index is 2.29. The molecule has 2 rings (SSSR count). The number of halogens is 2. The third-order valence-corrected chi connectivity index (χ3v) is 3.25. The van der Waals surface area contributed by atoms with Crippen molar-refractivity contribution >= 4 is 23.2 Å². The highest BCUT2D eigenvalue weighted by molar-refractivity contribution is 6.31. The van der Waals surface area contributed by atoms with Gasteiger partial charge in [-0.15, -0.1) is 0 Å². The van der Waals surface area contributed by atoms with Gasteiger partial charge in [-0.05, 0) is 30.6 Å². The van der Waals surface area contributed by atoms with Crippen molar-refractivity contribution in [3.63, 3.8) is 0 Å². The fourth-order valence-electron chi connectivity index (χ4n) is 1.80. The second kappa shape index (κ2) is 5.05. The molecule has 1 N–H and O–H groups in total. The zero-order valence-corrected chi connectivity index (χ0v) is 10.2. The van der Waals surface area contributed by atoms with Gasteiger partial charge in [0.1, 0.15) is 6.10 Å². The van der Waals surface area contributed by atoms with Crippen molar-refractivity contribution in [2.45, 2.75) is 18.9 Å². The maximum atomic E-state index is 10.2. The lowest BCUT2D eigenvalue weighted by atomic mass is 9.95. The first kappa shape index (κ1) is 11.7. The van der Waals surface area contributed by atoms with Gasteiger partial charge in [0.25, 0.3) is 0 Å². The first-order chi connectivity index (χ1) is 7.68. The van der Waals surface area contributed by atoms with Crippen molar-refractivity contribution < 1.29 is 5.11 Å². The Labute approximate surface area is 105 Å². The van der Waals surface area contributed by atoms with E-state index in [1.165, 1.54) is 0 Å². The van der Waals surface area contributed by atoms with Crippen molar-refractivity contribution in [1.29, 1.82) is 0 Å². The fraction of sp³-hybridized carbons (Fsp3) is 0.231. The van der Waals surface area contributed by atoms with Crippen LogP contribution in [0.5, 0.6) is 0 Å². The van der Waals surface area contributed by atoms with Crippen molar-refractivity contribution in [3.8, 4) is 0 Å². The topological polar surface area (TPSA) is 20.2 Å². The first-order valence-corrected chi connectivity index (χ1v) is 5.92. The second-order valence-electron chi connectivity index (χ2n) is 3.77. The molecule has 0 radical (unpaired) electrons. The van der Waals surface area contributed by atoms with Crippen molar-refractivity contribution in [3.05, 3.63) is 57.6 Å². The highest BCUT2D eigenvalue weighted by atomic mass is 35.5. The molecule has 1 nitrogen and oxygen atoms in total. The van der Waals surface area contributed by atoms with Gasteiger partial charge < -0.3 is 5.11 Å². The molecule has 0 bridgehead atoms. The largest absolute Gasteiger partial charge is 0.384 e. The SMILES string of the molecule is OC(C1=CC(Cl)=CCC1)c1ccccc1Cl. The third-order valence-electron chi connectivity index (χ3n) is 2.65. The molecule has 0 aliphatic heterocycles. The van der Waals surface area contributed by atoms with Crippen LogP contribution in [-0.2, 0) is 0 Å². The van der Waals surface area contributed by atoms with Crippen LogP contribution in [0.15, 0.2) is 47.0 Å². The molecule has 1 aromatic rings. The molecule has 1 aliphatic carbocycles. The van der Waals surface area contributed by atoms with E-state index in [0.29, 0.717) is 10.1 Å². The molecule has 0 saturated heterocycles. The lowest BCUT2D eigenvalue weighted by Crippen LogP contribution is -2.04. The zero-order valence-electron chi connectivity index (χ0n) is 8.66. The summed E-state index contributed by atoms with van der Waals surface area (Å²) in [5.41, 5.74) is 1.65. The number of benzene rings is 1. The normalized spacial score (nSPS) is 17.7. The van der Waals surface area contributed by atoms with E-state index in [1.54, 1.807) is 6.07 Å². The van der Waals surface area contributed by atoms with Crippen LogP contribution in [0.25, 0.3) is 0 Å². The van der Waals surface area contributed by atoms with Crippen LogP contribution in [0.4, 0.5) is 0 Å². The maximum Gasteiger partial charge on any atom is 0.102 e. The number of rotatable bonds is 2. The number of hydrogen-bond acceptors (Lipinski definition) is 1. The highest BCUT2D eigenvalue weighted by Crippen LogP contribution is 2.33. The van der Waals surface area contributed by atoms with E-state index in [0.717, 1.165) is 24.0 Å². The Bertz CT molecular complexity index is 449. The summed E-state index contributed by atoms with van der Waals surface area (Å²) < 4.78 is 0. The van der Waals surface area contributed by atoms with E-state index in [9.17, 15) is 5.11 Å². The van der Waals surface area contributed by atoms with Gasteiger partial charge in [-0.3, -0.25) is 0 Å². The molecule has 1 aliphatic rings. The Morgan fingerprint density at radius 3 is 2.62 bits per heavy atom.